The molecule has 4 nitrogen and oxygen atoms in total. The van der Waals surface area contributed by atoms with Crippen LogP contribution in [0.5, 0.6) is 0 Å². The monoisotopic (exact) mass is 347 g/mol. The maximum absolute atomic E-state index is 12.1. The van der Waals surface area contributed by atoms with Gasteiger partial charge in [-0.15, -0.1) is 0 Å². The first-order valence-corrected chi connectivity index (χ1v) is 7.96. The van der Waals surface area contributed by atoms with Crippen molar-refractivity contribution < 1.29 is 0 Å². The molecule has 0 aliphatic heterocycles. The van der Waals surface area contributed by atoms with Gasteiger partial charge in [0.1, 0.15) is 5.82 Å². The predicted octanol–water partition coefficient (Wildman–Crippen LogP) is 4.08. The Bertz CT molecular complexity index is 890. The molecule has 0 fully saturated rings. The van der Waals surface area contributed by atoms with Gasteiger partial charge in [-0.3, -0.25) is 4.79 Å². The van der Waals surface area contributed by atoms with Crippen LogP contribution in [0.15, 0.2) is 47.3 Å². The maximum Gasteiger partial charge on any atom is 0.258 e. The molecule has 0 bridgehead atoms. The fourth-order valence-corrected chi connectivity index (χ4v) is 2.66. The zero-order chi connectivity index (χ0) is 16.4. The van der Waals surface area contributed by atoms with Gasteiger partial charge in [-0.05, 0) is 42.8 Å². The largest absolute Gasteiger partial charge is 0.309 e. The molecule has 3 rings (SSSR count). The van der Waals surface area contributed by atoms with E-state index < -0.39 is 0 Å². The quantitative estimate of drug-likeness (QED) is 0.747. The van der Waals surface area contributed by atoms with Crippen molar-refractivity contribution >= 4 is 34.1 Å². The van der Waals surface area contributed by atoms with Gasteiger partial charge in [0, 0.05) is 16.1 Å². The van der Waals surface area contributed by atoms with Crippen molar-refractivity contribution in [2.24, 2.45) is 0 Å². The molecule has 0 saturated carbocycles. The molecule has 0 aliphatic carbocycles. The van der Waals surface area contributed by atoms with Crippen LogP contribution in [-0.4, -0.2) is 9.97 Å². The number of halogens is 2. The molecule has 23 heavy (non-hydrogen) atoms. The molecule has 0 amide bonds. The summed E-state index contributed by atoms with van der Waals surface area (Å²) in [5.74, 6) is 0.575. The number of fused-ring (bicyclic) bond motifs is 1. The topological polar surface area (TPSA) is 57.8 Å². The Balaban J connectivity index is 1.79. The fourth-order valence-electron chi connectivity index (χ4n) is 2.36. The van der Waals surface area contributed by atoms with E-state index in [1.165, 1.54) is 0 Å². The number of aromatic nitrogens is 2. The van der Waals surface area contributed by atoms with Gasteiger partial charge in [-0.25, -0.2) is 4.98 Å². The van der Waals surface area contributed by atoms with Crippen LogP contribution < -0.4 is 10.9 Å². The SMILES string of the molecule is C[C@@H](NCc1nc2cc(Cl)ccc2c(=O)[nH]1)c1ccc(Cl)cc1. The molecule has 1 aromatic heterocycles. The summed E-state index contributed by atoms with van der Waals surface area (Å²) in [4.78, 5) is 19.3. The highest BCUT2D eigenvalue weighted by Gasteiger charge is 2.08. The van der Waals surface area contributed by atoms with Crippen LogP contribution in [0, 0.1) is 0 Å². The molecule has 1 heterocycles. The highest BCUT2D eigenvalue weighted by atomic mass is 35.5. The zero-order valence-electron chi connectivity index (χ0n) is 12.4. The molecule has 6 heteroatoms. The van der Waals surface area contributed by atoms with Crippen LogP contribution in [-0.2, 0) is 6.54 Å². The molecule has 0 radical (unpaired) electrons. The lowest BCUT2D eigenvalue weighted by atomic mass is 10.1. The Morgan fingerprint density at radius 2 is 1.83 bits per heavy atom. The number of aromatic amines is 1. The Labute approximate surface area is 143 Å². The lowest BCUT2D eigenvalue weighted by Gasteiger charge is -2.14. The summed E-state index contributed by atoms with van der Waals surface area (Å²) in [5, 5.41) is 5.13. The zero-order valence-corrected chi connectivity index (χ0v) is 13.9. The first-order chi connectivity index (χ1) is 11.0. The van der Waals surface area contributed by atoms with Crippen molar-refractivity contribution in [3.8, 4) is 0 Å². The summed E-state index contributed by atoms with van der Waals surface area (Å²) < 4.78 is 0. The van der Waals surface area contributed by atoms with Crippen molar-refractivity contribution in [3.63, 3.8) is 0 Å². The van der Waals surface area contributed by atoms with E-state index in [0.717, 1.165) is 5.56 Å². The number of hydrogen-bond acceptors (Lipinski definition) is 3. The number of nitrogens with one attached hydrogen (secondary N) is 2. The predicted molar refractivity (Wildman–Crippen MR) is 94.1 cm³/mol. The number of rotatable bonds is 4. The van der Waals surface area contributed by atoms with Crippen molar-refractivity contribution in [2.75, 3.05) is 0 Å². The highest BCUT2D eigenvalue weighted by molar-refractivity contribution is 6.31. The molecule has 118 valence electrons. The van der Waals surface area contributed by atoms with E-state index in [4.69, 9.17) is 23.2 Å². The van der Waals surface area contributed by atoms with E-state index >= 15 is 0 Å². The number of nitrogens with zero attached hydrogens (tertiary/aromatic N) is 1. The number of hydrogen-bond donors (Lipinski definition) is 2. The molecule has 1 atom stereocenters. The second-order valence-corrected chi connectivity index (χ2v) is 6.20. The van der Waals surface area contributed by atoms with E-state index in [-0.39, 0.29) is 11.6 Å². The summed E-state index contributed by atoms with van der Waals surface area (Å²) >= 11 is 11.9. The molecular weight excluding hydrogens is 333 g/mol. The second kappa shape index (κ2) is 6.71. The fraction of sp³-hybridized carbons (Fsp3) is 0.176. The minimum atomic E-state index is -0.164. The lowest BCUT2D eigenvalue weighted by molar-refractivity contribution is 0.559. The maximum atomic E-state index is 12.1. The van der Waals surface area contributed by atoms with Crippen LogP contribution in [0.3, 0.4) is 0 Å². The van der Waals surface area contributed by atoms with Gasteiger partial charge in [0.2, 0.25) is 0 Å². The standard InChI is InChI=1S/C17H15Cl2N3O/c1-10(11-2-4-12(18)5-3-11)20-9-16-21-15-8-13(19)6-7-14(15)17(23)22-16/h2-8,10,20H,9H2,1H3,(H,21,22,23)/t10-/m1/s1. The molecule has 3 aromatic rings. The lowest BCUT2D eigenvalue weighted by Crippen LogP contribution is -2.22. The van der Waals surface area contributed by atoms with Crippen LogP contribution in [0.1, 0.15) is 24.4 Å². The highest BCUT2D eigenvalue weighted by Crippen LogP contribution is 2.17. The van der Waals surface area contributed by atoms with Crippen LogP contribution in [0.2, 0.25) is 10.0 Å². The second-order valence-electron chi connectivity index (χ2n) is 5.33. The van der Waals surface area contributed by atoms with Gasteiger partial charge in [-0.1, -0.05) is 35.3 Å². The third kappa shape index (κ3) is 3.72. The number of benzene rings is 2. The Hall–Kier alpha value is -1.88. The summed E-state index contributed by atoms with van der Waals surface area (Å²) in [6, 6.07) is 12.8. The van der Waals surface area contributed by atoms with Gasteiger partial charge in [0.05, 0.1) is 17.4 Å². The molecule has 0 saturated heterocycles. The average Bonchev–Trinajstić information content (AvgIpc) is 2.53. The molecular formula is C17H15Cl2N3O. The van der Waals surface area contributed by atoms with Crippen LogP contribution in [0.25, 0.3) is 10.9 Å². The first kappa shape index (κ1) is 16.0. The van der Waals surface area contributed by atoms with E-state index in [1.54, 1.807) is 18.2 Å². The van der Waals surface area contributed by atoms with Gasteiger partial charge < -0.3 is 10.3 Å². The van der Waals surface area contributed by atoms with Gasteiger partial charge in [0.15, 0.2) is 0 Å². The van der Waals surface area contributed by atoms with E-state index in [0.29, 0.717) is 33.3 Å². The Morgan fingerprint density at radius 1 is 1.13 bits per heavy atom. The van der Waals surface area contributed by atoms with Crippen molar-refractivity contribution in [3.05, 3.63) is 74.3 Å². The van der Waals surface area contributed by atoms with Crippen LogP contribution >= 0.6 is 23.2 Å². The Morgan fingerprint density at radius 3 is 2.57 bits per heavy atom. The van der Waals surface area contributed by atoms with E-state index in [9.17, 15) is 4.79 Å². The smallest absolute Gasteiger partial charge is 0.258 e. The third-order valence-corrected chi connectivity index (χ3v) is 4.15. The normalized spacial score (nSPS) is 12.5. The van der Waals surface area contributed by atoms with Gasteiger partial charge in [-0.2, -0.15) is 0 Å². The first-order valence-electron chi connectivity index (χ1n) is 7.20. The summed E-state index contributed by atoms with van der Waals surface area (Å²) in [7, 11) is 0. The molecule has 0 unspecified atom stereocenters. The summed E-state index contributed by atoms with van der Waals surface area (Å²) in [5.41, 5.74) is 1.54. The molecule has 2 aromatic carbocycles. The molecule has 2 N–H and O–H groups in total. The molecule has 0 spiro atoms. The summed E-state index contributed by atoms with van der Waals surface area (Å²) in [6.07, 6.45) is 0. The summed E-state index contributed by atoms with van der Waals surface area (Å²) in [6.45, 7) is 2.49. The van der Waals surface area contributed by atoms with E-state index in [1.807, 2.05) is 31.2 Å². The average molecular weight is 348 g/mol. The van der Waals surface area contributed by atoms with Crippen molar-refractivity contribution in [1.82, 2.24) is 15.3 Å². The van der Waals surface area contributed by atoms with Crippen molar-refractivity contribution in [2.45, 2.75) is 19.5 Å². The Kier molecular flexibility index (Phi) is 4.66. The number of H-pyrrole nitrogens is 1. The molecule has 0 aliphatic rings. The van der Waals surface area contributed by atoms with Crippen molar-refractivity contribution in [1.29, 1.82) is 0 Å². The third-order valence-electron chi connectivity index (χ3n) is 3.66. The minimum Gasteiger partial charge on any atom is -0.309 e. The van der Waals surface area contributed by atoms with E-state index in [2.05, 4.69) is 15.3 Å². The van der Waals surface area contributed by atoms with Crippen LogP contribution in [0.4, 0.5) is 0 Å². The van der Waals surface area contributed by atoms with Gasteiger partial charge >= 0.3 is 0 Å². The van der Waals surface area contributed by atoms with Gasteiger partial charge in [0.25, 0.3) is 5.56 Å². The minimum absolute atomic E-state index is 0.104.